The van der Waals surface area contributed by atoms with Gasteiger partial charge in [-0.25, -0.2) is 0 Å². The topological polar surface area (TPSA) is 29.2 Å². The number of likely N-dealkylation sites (tertiary alicyclic amines) is 1. The molecule has 4 heteroatoms. The third-order valence-corrected chi connectivity index (χ3v) is 5.05. The highest BCUT2D eigenvalue weighted by Crippen LogP contribution is 2.15. The molecule has 0 aromatic heterocycles. The predicted octanol–water partition coefficient (Wildman–Crippen LogP) is -1.56. The van der Waals surface area contributed by atoms with Crippen molar-refractivity contribution in [3.8, 4) is 0 Å². The molecule has 2 N–H and O–H groups in total. The molecular formula is C15H31N3O+2. The van der Waals surface area contributed by atoms with E-state index >= 15 is 0 Å². The summed E-state index contributed by atoms with van der Waals surface area (Å²) in [4.78, 5) is 17.9. The van der Waals surface area contributed by atoms with Crippen LogP contribution in [0.5, 0.6) is 0 Å². The molecule has 4 nitrogen and oxygen atoms in total. The first-order valence-corrected chi connectivity index (χ1v) is 8.08. The van der Waals surface area contributed by atoms with Crippen LogP contribution in [0.15, 0.2) is 0 Å². The summed E-state index contributed by atoms with van der Waals surface area (Å²) in [5.74, 6) is 1.07. The zero-order chi connectivity index (χ0) is 13.8. The summed E-state index contributed by atoms with van der Waals surface area (Å²) in [6.07, 6.45) is 2.46. The van der Waals surface area contributed by atoms with Gasteiger partial charge in [-0.05, 0) is 32.6 Å². The van der Waals surface area contributed by atoms with Gasteiger partial charge in [0.1, 0.15) is 26.2 Å². The largest absolute Gasteiger partial charge is 0.337 e. The van der Waals surface area contributed by atoms with Crippen molar-refractivity contribution in [1.82, 2.24) is 4.90 Å². The minimum absolute atomic E-state index is 0.156. The van der Waals surface area contributed by atoms with E-state index in [0.717, 1.165) is 26.2 Å². The molecule has 2 aliphatic rings. The fourth-order valence-corrected chi connectivity index (χ4v) is 3.55. The summed E-state index contributed by atoms with van der Waals surface area (Å²) in [6, 6.07) is 0.156. The Morgan fingerprint density at radius 2 is 2.00 bits per heavy atom. The number of hydrogen-bond acceptors (Lipinski definition) is 1. The van der Waals surface area contributed by atoms with Crippen molar-refractivity contribution < 1.29 is 14.6 Å². The number of carbonyl (C=O) groups is 1. The van der Waals surface area contributed by atoms with E-state index in [-0.39, 0.29) is 6.04 Å². The van der Waals surface area contributed by atoms with E-state index in [1.807, 2.05) is 0 Å². The van der Waals surface area contributed by atoms with Gasteiger partial charge in [0.05, 0.1) is 6.54 Å². The van der Waals surface area contributed by atoms with Crippen LogP contribution in [0.3, 0.4) is 0 Å². The van der Waals surface area contributed by atoms with E-state index in [0.29, 0.717) is 11.8 Å². The second kappa shape index (κ2) is 6.71. The number of nitrogens with zero attached hydrogens (tertiary/aromatic N) is 1. The van der Waals surface area contributed by atoms with Crippen LogP contribution >= 0.6 is 0 Å². The molecule has 2 saturated heterocycles. The van der Waals surface area contributed by atoms with Gasteiger partial charge in [-0.3, -0.25) is 4.79 Å². The molecule has 2 fully saturated rings. The lowest BCUT2D eigenvalue weighted by atomic mass is 9.99. The van der Waals surface area contributed by atoms with Gasteiger partial charge in [0.2, 0.25) is 0 Å². The molecule has 19 heavy (non-hydrogen) atoms. The normalized spacial score (nSPS) is 34.1. The maximum absolute atomic E-state index is 12.6. The van der Waals surface area contributed by atoms with Crippen LogP contribution in [-0.4, -0.2) is 62.7 Å². The molecule has 2 aliphatic heterocycles. The predicted molar refractivity (Wildman–Crippen MR) is 76.4 cm³/mol. The van der Waals surface area contributed by atoms with Gasteiger partial charge < -0.3 is 14.7 Å². The van der Waals surface area contributed by atoms with Gasteiger partial charge in [0.25, 0.3) is 5.91 Å². The highest BCUT2D eigenvalue weighted by molar-refractivity contribution is 5.80. The lowest BCUT2D eigenvalue weighted by Crippen LogP contribution is -3.29. The van der Waals surface area contributed by atoms with E-state index in [2.05, 4.69) is 25.7 Å². The smallest absolute Gasteiger partial charge is 0.280 e. The van der Waals surface area contributed by atoms with E-state index in [1.165, 1.54) is 37.4 Å². The molecule has 0 radical (unpaired) electrons. The van der Waals surface area contributed by atoms with Gasteiger partial charge in [-0.2, -0.15) is 0 Å². The van der Waals surface area contributed by atoms with Gasteiger partial charge in [-0.15, -0.1) is 0 Å². The number of piperazine rings is 1. The molecule has 0 bridgehead atoms. The molecule has 0 spiro atoms. The zero-order valence-corrected chi connectivity index (χ0v) is 12.9. The summed E-state index contributed by atoms with van der Waals surface area (Å²) in [7, 11) is 0. The van der Waals surface area contributed by atoms with Crippen LogP contribution in [0.2, 0.25) is 0 Å². The van der Waals surface area contributed by atoms with Gasteiger partial charge in [-0.1, -0.05) is 6.92 Å². The number of nitrogens with one attached hydrogen (secondary N) is 2. The van der Waals surface area contributed by atoms with Crippen molar-refractivity contribution in [2.45, 2.75) is 39.7 Å². The van der Waals surface area contributed by atoms with Crippen LogP contribution < -0.4 is 9.80 Å². The maximum Gasteiger partial charge on any atom is 0.280 e. The number of piperidine rings is 1. The number of hydrogen-bond donors (Lipinski definition) is 2. The number of rotatable bonds is 3. The Hall–Kier alpha value is -0.610. The standard InChI is InChI=1S/C15H29N3O/c1-4-16-8-10-17(11-9-16)14(3)15(19)18-7-5-6-13(2)12-18/h13-14H,4-12H2,1-3H3/p+2/t13-,14+/m1/s1. The SMILES string of the molecule is CC[NH+]1CC[NH+]([C@@H](C)C(=O)N2CCC[C@@H](C)C2)CC1. The minimum Gasteiger partial charge on any atom is -0.337 e. The minimum atomic E-state index is 0.156. The van der Waals surface area contributed by atoms with Crippen LogP contribution in [0.1, 0.15) is 33.6 Å². The molecule has 110 valence electrons. The number of carbonyl (C=O) groups excluding carboxylic acids is 1. The van der Waals surface area contributed by atoms with E-state index in [4.69, 9.17) is 0 Å². The van der Waals surface area contributed by atoms with Gasteiger partial charge >= 0.3 is 0 Å². The fraction of sp³-hybridized carbons (Fsp3) is 0.933. The maximum atomic E-state index is 12.6. The Labute approximate surface area is 117 Å². The Kier molecular flexibility index (Phi) is 5.22. The van der Waals surface area contributed by atoms with E-state index < -0.39 is 0 Å². The average Bonchev–Trinajstić information content (AvgIpc) is 2.46. The number of quaternary nitrogens is 2. The summed E-state index contributed by atoms with van der Waals surface area (Å²) in [5.41, 5.74) is 0. The van der Waals surface area contributed by atoms with Crippen LogP contribution in [-0.2, 0) is 4.79 Å². The molecule has 0 aliphatic carbocycles. The summed E-state index contributed by atoms with van der Waals surface area (Å²) in [5, 5.41) is 0. The van der Waals surface area contributed by atoms with Crippen molar-refractivity contribution in [1.29, 1.82) is 0 Å². The monoisotopic (exact) mass is 269 g/mol. The third-order valence-electron chi connectivity index (χ3n) is 5.05. The molecule has 0 unspecified atom stereocenters. The summed E-state index contributed by atoms with van der Waals surface area (Å²) in [6.45, 7) is 14.6. The summed E-state index contributed by atoms with van der Waals surface area (Å²) >= 11 is 0. The zero-order valence-electron chi connectivity index (χ0n) is 12.9. The average molecular weight is 269 g/mol. The van der Waals surface area contributed by atoms with Crippen LogP contribution in [0.25, 0.3) is 0 Å². The second-order valence-corrected chi connectivity index (χ2v) is 6.52. The van der Waals surface area contributed by atoms with Crippen LogP contribution in [0.4, 0.5) is 0 Å². The van der Waals surface area contributed by atoms with Crippen molar-refractivity contribution >= 4 is 5.91 Å². The second-order valence-electron chi connectivity index (χ2n) is 6.52. The van der Waals surface area contributed by atoms with Crippen molar-refractivity contribution in [2.75, 3.05) is 45.8 Å². The summed E-state index contributed by atoms with van der Waals surface area (Å²) < 4.78 is 0. The lowest BCUT2D eigenvalue weighted by molar-refractivity contribution is -1.02. The molecule has 2 heterocycles. The molecule has 0 aromatic rings. The number of likely N-dealkylation sites (N-methyl/N-ethyl adjacent to an activating group) is 1. The van der Waals surface area contributed by atoms with E-state index in [1.54, 1.807) is 4.90 Å². The first kappa shape index (κ1) is 14.8. The molecular weight excluding hydrogens is 238 g/mol. The molecule has 0 aromatic carbocycles. The molecule has 2 rings (SSSR count). The van der Waals surface area contributed by atoms with Crippen molar-refractivity contribution in [3.63, 3.8) is 0 Å². The fourth-order valence-electron chi connectivity index (χ4n) is 3.55. The third kappa shape index (κ3) is 3.69. The van der Waals surface area contributed by atoms with Gasteiger partial charge in [0, 0.05) is 13.1 Å². The highest BCUT2D eigenvalue weighted by atomic mass is 16.2. The van der Waals surface area contributed by atoms with Crippen LogP contribution in [0, 0.1) is 5.92 Å². The molecule has 2 atom stereocenters. The lowest BCUT2D eigenvalue weighted by Gasteiger charge is -2.36. The first-order valence-electron chi connectivity index (χ1n) is 8.08. The first-order chi connectivity index (χ1) is 9.11. The Bertz CT molecular complexity index is 300. The Morgan fingerprint density at radius 3 is 2.58 bits per heavy atom. The van der Waals surface area contributed by atoms with Gasteiger partial charge in [0.15, 0.2) is 6.04 Å². The van der Waals surface area contributed by atoms with Crippen molar-refractivity contribution in [2.24, 2.45) is 5.92 Å². The molecule has 0 saturated carbocycles. The molecule has 1 amide bonds. The van der Waals surface area contributed by atoms with Crippen molar-refractivity contribution in [3.05, 3.63) is 0 Å². The quantitative estimate of drug-likeness (QED) is 0.637. The highest BCUT2D eigenvalue weighted by Gasteiger charge is 2.34. The van der Waals surface area contributed by atoms with E-state index in [9.17, 15) is 4.79 Å². The number of amides is 1. The Morgan fingerprint density at radius 1 is 1.32 bits per heavy atom. The Balaban J connectivity index is 1.85.